The second kappa shape index (κ2) is 8.96. The summed E-state index contributed by atoms with van der Waals surface area (Å²) >= 11 is 1.50. The zero-order valence-corrected chi connectivity index (χ0v) is 20.1. The van der Waals surface area contributed by atoms with Crippen molar-refractivity contribution in [1.82, 2.24) is 15.3 Å². The molecular formula is C26H25FN4O3S. The number of hydrogen-bond acceptors (Lipinski definition) is 7. The number of benzene rings is 2. The summed E-state index contributed by atoms with van der Waals surface area (Å²) in [7, 11) is 0. The molecule has 7 nitrogen and oxygen atoms in total. The number of piperidine rings is 1. The predicted octanol–water partition coefficient (Wildman–Crippen LogP) is 4.85. The summed E-state index contributed by atoms with van der Waals surface area (Å²) in [5, 5.41) is 3.71. The number of aromatic nitrogens is 2. The molecule has 0 aliphatic carbocycles. The first-order valence-corrected chi connectivity index (χ1v) is 12.7. The highest BCUT2D eigenvalue weighted by Crippen LogP contribution is 2.39. The zero-order chi connectivity index (χ0) is 23.9. The molecule has 4 aromatic rings. The molecule has 2 aliphatic heterocycles. The highest BCUT2D eigenvalue weighted by Gasteiger charge is 2.29. The third-order valence-corrected chi connectivity index (χ3v) is 7.87. The van der Waals surface area contributed by atoms with Gasteiger partial charge < -0.3 is 19.7 Å². The summed E-state index contributed by atoms with van der Waals surface area (Å²) in [6.07, 6.45) is 3.18. The van der Waals surface area contributed by atoms with Crippen LogP contribution in [0.1, 0.15) is 31.4 Å². The van der Waals surface area contributed by atoms with E-state index in [0.29, 0.717) is 36.4 Å². The Kier molecular flexibility index (Phi) is 5.64. The fourth-order valence-electron chi connectivity index (χ4n) is 4.92. The molecule has 2 aromatic heterocycles. The Morgan fingerprint density at radius 3 is 2.94 bits per heavy atom. The smallest absolute Gasteiger partial charge is 0.225 e. The molecule has 0 radical (unpaired) electrons. The topological polar surface area (TPSA) is 76.6 Å². The van der Waals surface area contributed by atoms with E-state index in [-0.39, 0.29) is 23.7 Å². The Morgan fingerprint density at radius 2 is 2.06 bits per heavy atom. The van der Waals surface area contributed by atoms with Gasteiger partial charge in [0.15, 0.2) is 11.5 Å². The lowest BCUT2D eigenvalue weighted by Crippen LogP contribution is -2.44. The van der Waals surface area contributed by atoms with Crippen LogP contribution in [0.25, 0.3) is 20.3 Å². The Bertz CT molecular complexity index is 1420. The molecule has 2 aliphatic rings. The van der Waals surface area contributed by atoms with E-state index in [1.807, 2.05) is 31.2 Å². The van der Waals surface area contributed by atoms with Crippen molar-refractivity contribution in [1.29, 1.82) is 0 Å². The van der Waals surface area contributed by atoms with Gasteiger partial charge in [-0.3, -0.25) is 4.79 Å². The molecule has 0 saturated carbocycles. The number of amides is 1. The van der Waals surface area contributed by atoms with Gasteiger partial charge in [-0.05, 0) is 49.6 Å². The van der Waals surface area contributed by atoms with Crippen molar-refractivity contribution in [3.8, 4) is 11.5 Å². The molecule has 35 heavy (non-hydrogen) atoms. The van der Waals surface area contributed by atoms with Gasteiger partial charge in [0.25, 0.3) is 0 Å². The van der Waals surface area contributed by atoms with Crippen LogP contribution in [0.4, 0.5) is 10.2 Å². The highest BCUT2D eigenvalue weighted by molar-refractivity contribution is 7.26. The summed E-state index contributed by atoms with van der Waals surface area (Å²) in [5.41, 5.74) is 1.60. The van der Waals surface area contributed by atoms with Crippen molar-refractivity contribution in [3.63, 3.8) is 0 Å². The van der Waals surface area contributed by atoms with E-state index < -0.39 is 0 Å². The minimum absolute atomic E-state index is 0.0183. The first kappa shape index (κ1) is 22.0. The number of thiophene rings is 1. The fourth-order valence-corrected chi connectivity index (χ4v) is 6.11. The second-order valence-corrected chi connectivity index (χ2v) is 10.1. The largest absolute Gasteiger partial charge is 0.486 e. The van der Waals surface area contributed by atoms with Crippen LogP contribution in [0, 0.1) is 11.7 Å². The van der Waals surface area contributed by atoms with Crippen LogP contribution in [0.5, 0.6) is 11.5 Å². The summed E-state index contributed by atoms with van der Waals surface area (Å²) < 4.78 is 27.5. The molecule has 1 amide bonds. The number of carbonyl (C=O) groups is 1. The SMILES string of the molecule is CC(NC(=O)C1CCCN(c2ncnc3c2sc2cccc(F)c23)C1)c1ccc2c(c1)OCCO2. The number of nitrogens with one attached hydrogen (secondary N) is 1. The van der Waals surface area contributed by atoms with E-state index in [0.717, 1.165) is 45.9 Å². The lowest BCUT2D eigenvalue weighted by atomic mass is 9.96. The van der Waals surface area contributed by atoms with Gasteiger partial charge in [0.1, 0.15) is 31.2 Å². The molecule has 6 rings (SSSR count). The molecule has 0 bridgehead atoms. The lowest BCUT2D eigenvalue weighted by molar-refractivity contribution is -0.125. The van der Waals surface area contributed by atoms with Gasteiger partial charge in [-0.1, -0.05) is 12.1 Å². The number of anilines is 1. The molecule has 2 atom stereocenters. The Labute approximate surface area is 205 Å². The van der Waals surface area contributed by atoms with Crippen molar-refractivity contribution in [2.75, 3.05) is 31.2 Å². The summed E-state index contributed by atoms with van der Waals surface area (Å²) in [4.78, 5) is 24.3. The van der Waals surface area contributed by atoms with E-state index in [1.54, 1.807) is 6.07 Å². The van der Waals surface area contributed by atoms with E-state index in [4.69, 9.17) is 9.47 Å². The number of nitrogens with zero attached hydrogens (tertiary/aromatic N) is 3. The van der Waals surface area contributed by atoms with Crippen LogP contribution in [-0.4, -0.2) is 42.2 Å². The van der Waals surface area contributed by atoms with Crippen molar-refractivity contribution in [2.45, 2.75) is 25.8 Å². The Hall–Kier alpha value is -3.46. The lowest BCUT2D eigenvalue weighted by Gasteiger charge is -2.33. The van der Waals surface area contributed by atoms with Gasteiger partial charge in [0.05, 0.1) is 27.6 Å². The van der Waals surface area contributed by atoms with Crippen molar-refractivity contribution in [2.24, 2.45) is 5.92 Å². The number of rotatable bonds is 4. The van der Waals surface area contributed by atoms with Gasteiger partial charge >= 0.3 is 0 Å². The fraction of sp³-hybridized carbons (Fsp3) is 0.346. The van der Waals surface area contributed by atoms with Crippen molar-refractivity contribution < 1.29 is 18.7 Å². The average Bonchev–Trinajstić information content (AvgIpc) is 3.28. The standard InChI is InChI=1S/C26H25FN4O3S/c1-15(16-7-8-19-20(12-16)34-11-10-33-19)30-26(32)17-4-3-9-31(13-17)25-24-23(28-14-29-25)22-18(27)5-2-6-21(22)35-24/h2,5-8,12,14-15,17H,3-4,9-11,13H2,1H3,(H,30,32). The van der Waals surface area contributed by atoms with Crippen LogP contribution < -0.4 is 19.7 Å². The maximum atomic E-state index is 14.5. The number of halogens is 1. The van der Waals surface area contributed by atoms with Gasteiger partial charge in [0.2, 0.25) is 5.91 Å². The Balaban J connectivity index is 1.21. The molecule has 2 aromatic carbocycles. The monoisotopic (exact) mass is 492 g/mol. The second-order valence-electron chi connectivity index (χ2n) is 9.01. The molecule has 2 unspecified atom stereocenters. The van der Waals surface area contributed by atoms with E-state index in [1.165, 1.54) is 23.7 Å². The maximum absolute atomic E-state index is 14.5. The number of hydrogen-bond donors (Lipinski definition) is 1. The van der Waals surface area contributed by atoms with Gasteiger partial charge in [-0.25, -0.2) is 14.4 Å². The van der Waals surface area contributed by atoms with Gasteiger partial charge in [-0.2, -0.15) is 0 Å². The van der Waals surface area contributed by atoms with Gasteiger partial charge in [-0.15, -0.1) is 11.3 Å². The molecule has 4 heterocycles. The Morgan fingerprint density at radius 1 is 1.20 bits per heavy atom. The average molecular weight is 493 g/mol. The van der Waals surface area contributed by atoms with Crippen LogP contribution in [0.2, 0.25) is 0 Å². The summed E-state index contributed by atoms with van der Waals surface area (Å²) in [5.74, 6) is 1.80. The van der Waals surface area contributed by atoms with Crippen molar-refractivity contribution >= 4 is 43.4 Å². The third kappa shape index (κ3) is 4.03. The van der Waals surface area contributed by atoms with Crippen LogP contribution in [-0.2, 0) is 4.79 Å². The minimum atomic E-state index is -0.276. The highest BCUT2D eigenvalue weighted by atomic mass is 32.1. The third-order valence-electron chi connectivity index (χ3n) is 6.73. The summed E-state index contributed by atoms with van der Waals surface area (Å²) in [6, 6.07) is 10.7. The van der Waals surface area contributed by atoms with Crippen LogP contribution >= 0.6 is 11.3 Å². The maximum Gasteiger partial charge on any atom is 0.225 e. The van der Waals surface area contributed by atoms with E-state index >= 15 is 0 Å². The number of ether oxygens (including phenoxy) is 2. The molecule has 180 valence electrons. The van der Waals surface area contributed by atoms with Gasteiger partial charge in [0, 0.05) is 17.8 Å². The molecular weight excluding hydrogens is 467 g/mol. The molecule has 9 heteroatoms. The van der Waals surface area contributed by atoms with Crippen LogP contribution in [0.15, 0.2) is 42.7 Å². The molecule has 0 spiro atoms. The van der Waals surface area contributed by atoms with E-state index in [9.17, 15) is 9.18 Å². The summed E-state index contributed by atoms with van der Waals surface area (Å²) in [6.45, 7) is 4.40. The molecule has 1 N–H and O–H groups in total. The number of carbonyl (C=O) groups excluding carboxylic acids is 1. The normalized spacial score (nSPS) is 18.6. The van der Waals surface area contributed by atoms with Crippen LogP contribution in [0.3, 0.4) is 0 Å². The van der Waals surface area contributed by atoms with Crippen molar-refractivity contribution in [3.05, 3.63) is 54.1 Å². The van der Waals surface area contributed by atoms with E-state index in [2.05, 4.69) is 20.2 Å². The number of fused-ring (bicyclic) bond motifs is 4. The zero-order valence-electron chi connectivity index (χ0n) is 19.3. The predicted molar refractivity (Wildman–Crippen MR) is 134 cm³/mol. The first-order chi connectivity index (χ1) is 17.1. The first-order valence-electron chi connectivity index (χ1n) is 11.8. The molecule has 1 fully saturated rings. The quantitative estimate of drug-likeness (QED) is 0.439. The molecule has 1 saturated heterocycles. The minimum Gasteiger partial charge on any atom is -0.486 e.